The van der Waals surface area contributed by atoms with Crippen LogP contribution >= 0.6 is 22.9 Å². The number of aliphatic imine (C=N–C) groups is 1. The van der Waals surface area contributed by atoms with Crippen LogP contribution in [-0.2, 0) is 16.8 Å². The first-order valence-electron chi connectivity index (χ1n) is 9.97. The van der Waals surface area contributed by atoms with Gasteiger partial charge in [-0.2, -0.15) is 0 Å². The van der Waals surface area contributed by atoms with E-state index in [0.29, 0.717) is 6.42 Å². The Balaban J connectivity index is 1.61. The molecule has 8 heteroatoms. The lowest BCUT2D eigenvalue weighted by atomic mass is 9.93. The summed E-state index contributed by atoms with van der Waals surface area (Å²) in [5.41, 5.74) is 2.25. The van der Waals surface area contributed by atoms with Crippen LogP contribution < -0.4 is 0 Å². The SMILES string of the molecule is Clc1ccc(Cc2nc(-c3ccncc3)sc2C2(C3CCCCO3)N=CN=N2)cc1. The van der Waals surface area contributed by atoms with E-state index in [2.05, 4.69) is 15.2 Å². The van der Waals surface area contributed by atoms with Crippen molar-refractivity contribution in [3.63, 3.8) is 0 Å². The molecule has 5 rings (SSSR count). The number of nitrogens with zero attached hydrogens (tertiary/aromatic N) is 5. The Hall–Kier alpha value is -2.48. The van der Waals surface area contributed by atoms with Crippen LogP contribution in [0.2, 0.25) is 5.02 Å². The third kappa shape index (κ3) is 3.69. The van der Waals surface area contributed by atoms with E-state index in [1.165, 1.54) is 6.34 Å². The van der Waals surface area contributed by atoms with Crippen molar-refractivity contribution in [2.24, 2.45) is 15.2 Å². The zero-order valence-electron chi connectivity index (χ0n) is 16.2. The molecule has 2 atom stereocenters. The lowest BCUT2D eigenvalue weighted by Crippen LogP contribution is -2.39. The summed E-state index contributed by atoms with van der Waals surface area (Å²) in [6.07, 6.45) is 8.69. The quantitative estimate of drug-likeness (QED) is 0.516. The monoisotopic (exact) mass is 437 g/mol. The van der Waals surface area contributed by atoms with E-state index in [9.17, 15) is 0 Å². The van der Waals surface area contributed by atoms with Gasteiger partial charge in [0.05, 0.1) is 10.6 Å². The van der Waals surface area contributed by atoms with Gasteiger partial charge in [-0.25, -0.2) is 9.98 Å². The second-order valence-corrected chi connectivity index (χ2v) is 8.81. The summed E-state index contributed by atoms with van der Waals surface area (Å²) in [5, 5.41) is 10.4. The fourth-order valence-electron chi connectivity index (χ4n) is 3.88. The Morgan fingerprint density at radius 1 is 1.10 bits per heavy atom. The Morgan fingerprint density at radius 3 is 2.63 bits per heavy atom. The zero-order valence-corrected chi connectivity index (χ0v) is 17.8. The molecule has 2 aromatic heterocycles. The molecule has 4 heterocycles. The molecular weight excluding hydrogens is 418 g/mol. The average molecular weight is 438 g/mol. The first kappa shape index (κ1) is 19.5. The number of ether oxygens (including phenoxy) is 1. The van der Waals surface area contributed by atoms with E-state index in [1.807, 2.05) is 36.4 Å². The number of rotatable bonds is 5. The molecule has 2 unspecified atom stereocenters. The van der Waals surface area contributed by atoms with Gasteiger partial charge in [-0.05, 0) is 49.1 Å². The molecule has 0 radical (unpaired) electrons. The number of hydrogen-bond acceptors (Lipinski definition) is 7. The van der Waals surface area contributed by atoms with E-state index in [1.54, 1.807) is 23.7 Å². The van der Waals surface area contributed by atoms with Crippen molar-refractivity contribution in [1.29, 1.82) is 0 Å². The third-order valence-electron chi connectivity index (χ3n) is 5.39. The molecule has 2 aliphatic heterocycles. The third-order valence-corrected chi connectivity index (χ3v) is 6.90. The second kappa shape index (κ2) is 8.34. The maximum Gasteiger partial charge on any atom is 0.234 e. The van der Waals surface area contributed by atoms with Crippen LogP contribution in [0.1, 0.15) is 35.4 Å². The van der Waals surface area contributed by atoms with Gasteiger partial charge in [-0.3, -0.25) is 4.98 Å². The van der Waals surface area contributed by atoms with Crippen molar-refractivity contribution in [3.05, 3.63) is 69.9 Å². The number of pyridine rings is 1. The molecule has 0 N–H and O–H groups in total. The average Bonchev–Trinajstić information content (AvgIpc) is 3.45. The van der Waals surface area contributed by atoms with E-state index in [-0.39, 0.29) is 6.10 Å². The van der Waals surface area contributed by atoms with Crippen LogP contribution in [0.3, 0.4) is 0 Å². The Morgan fingerprint density at radius 2 is 1.93 bits per heavy atom. The molecule has 0 amide bonds. The highest BCUT2D eigenvalue weighted by Gasteiger charge is 2.47. The minimum absolute atomic E-state index is 0.136. The van der Waals surface area contributed by atoms with Gasteiger partial charge in [-0.15, -0.1) is 21.6 Å². The maximum atomic E-state index is 6.14. The van der Waals surface area contributed by atoms with Gasteiger partial charge < -0.3 is 4.74 Å². The van der Waals surface area contributed by atoms with Crippen molar-refractivity contribution in [2.75, 3.05) is 6.61 Å². The van der Waals surface area contributed by atoms with Crippen molar-refractivity contribution in [2.45, 2.75) is 37.5 Å². The lowest BCUT2D eigenvalue weighted by molar-refractivity contribution is -0.0308. The van der Waals surface area contributed by atoms with Gasteiger partial charge in [0, 0.05) is 36.0 Å². The van der Waals surface area contributed by atoms with Gasteiger partial charge in [0.15, 0.2) is 0 Å². The molecule has 1 aromatic carbocycles. The summed E-state index contributed by atoms with van der Waals surface area (Å²) in [5.74, 6) is 0. The van der Waals surface area contributed by atoms with Crippen molar-refractivity contribution < 1.29 is 4.74 Å². The Kier molecular flexibility index (Phi) is 5.41. The molecule has 6 nitrogen and oxygen atoms in total. The van der Waals surface area contributed by atoms with Crippen molar-refractivity contribution in [1.82, 2.24) is 9.97 Å². The predicted octanol–water partition coefficient (Wildman–Crippen LogP) is 5.67. The van der Waals surface area contributed by atoms with Crippen LogP contribution in [0.15, 0.2) is 64.0 Å². The van der Waals surface area contributed by atoms with Crippen LogP contribution in [0.4, 0.5) is 0 Å². The highest BCUT2D eigenvalue weighted by Crippen LogP contribution is 2.45. The topological polar surface area (TPSA) is 72.1 Å². The van der Waals surface area contributed by atoms with Crippen LogP contribution in [0.25, 0.3) is 10.6 Å². The Bertz CT molecular complexity index is 1060. The van der Waals surface area contributed by atoms with E-state index >= 15 is 0 Å². The van der Waals surface area contributed by atoms with Crippen molar-refractivity contribution >= 4 is 29.3 Å². The maximum absolute atomic E-state index is 6.14. The summed E-state index contributed by atoms with van der Waals surface area (Å²) in [6, 6.07) is 11.8. The molecule has 1 fully saturated rings. The first-order chi connectivity index (χ1) is 14.7. The molecule has 0 saturated carbocycles. The predicted molar refractivity (Wildman–Crippen MR) is 118 cm³/mol. The zero-order chi connectivity index (χ0) is 20.4. The molecular formula is C22H20ClN5OS. The van der Waals surface area contributed by atoms with Crippen molar-refractivity contribution in [3.8, 4) is 10.6 Å². The number of benzene rings is 1. The van der Waals surface area contributed by atoms with Crippen LogP contribution in [-0.4, -0.2) is 29.0 Å². The fourth-order valence-corrected chi connectivity index (χ4v) is 5.22. The lowest BCUT2D eigenvalue weighted by Gasteiger charge is -2.33. The van der Waals surface area contributed by atoms with E-state index in [4.69, 9.17) is 26.3 Å². The molecule has 0 spiro atoms. The number of hydrogen-bond donors (Lipinski definition) is 0. The second-order valence-electron chi connectivity index (χ2n) is 7.38. The summed E-state index contributed by atoms with van der Waals surface area (Å²) in [6.45, 7) is 0.722. The standard InChI is InChI=1S/C22H20ClN5OS/c23-17-6-4-15(5-7-17)13-18-20(30-21(27-18)16-8-10-24-11-9-16)22(25-14-26-28-22)19-3-1-2-12-29-19/h4-11,14,19H,1-3,12-13H2. The minimum atomic E-state index is -0.856. The van der Waals surface area contributed by atoms with Gasteiger partial charge in [0.25, 0.3) is 0 Å². The summed E-state index contributed by atoms with van der Waals surface area (Å²) in [7, 11) is 0. The smallest absolute Gasteiger partial charge is 0.234 e. The number of azo groups is 1. The number of halogens is 1. The molecule has 30 heavy (non-hydrogen) atoms. The van der Waals surface area contributed by atoms with Gasteiger partial charge >= 0.3 is 0 Å². The van der Waals surface area contributed by atoms with Gasteiger partial charge in [0.2, 0.25) is 5.66 Å². The normalized spacial score (nSPS) is 23.2. The molecule has 1 saturated heterocycles. The summed E-state index contributed by atoms with van der Waals surface area (Å²) < 4.78 is 6.14. The molecule has 152 valence electrons. The first-order valence-corrected chi connectivity index (χ1v) is 11.2. The molecule has 3 aromatic rings. The number of thiazole rings is 1. The highest BCUT2D eigenvalue weighted by atomic mass is 35.5. The summed E-state index contributed by atoms with van der Waals surface area (Å²) in [4.78, 5) is 14.9. The summed E-state index contributed by atoms with van der Waals surface area (Å²) >= 11 is 7.69. The minimum Gasteiger partial charge on any atom is -0.373 e. The Labute approximate surface area is 183 Å². The largest absolute Gasteiger partial charge is 0.373 e. The molecule has 0 aliphatic carbocycles. The molecule has 0 bridgehead atoms. The van der Waals surface area contributed by atoms with Crippen LogP contribution in [0, 0.1) is 0 Å². The van der Waals surface area contributed by atoms with E-state index in [0.717, 1.165) is 57.6 Å². The molecule has 2 aliphatic rings. The number of aromatic nitrogens is 2. The van der Waals surface area contributed by atoms with Gasteiger partial charge in [0.1, 0.15) is 17.5 Å². The fraction of sp³-hybridized carbons (Fsp3) is 0.318. The van der Waals surface area contributed by atoms with Crippen LogP contribution in [0.5, 0.6) is 0 Å². The van der Waals surface area contributed by atoms with Gasteiger partial charge in [-0.1, -0.05) is 23.7 Å². The van der Waals surface area contributed by atoms with E-state index < -0.39 is 5.66 Å². The highest BCUT2D eigenvalue weighted by molar-refractivity contribution is 7.15.